The largest absolute Gasteiger partial charge is 0.326 e. The minimum atomic E-state index is -0.228. The molecule has 3 N–H and O–H groups in total. The van der Waals surface area contributed by atoms with Gasteiger partial charge in [-0.25, -0.2) is 0 Å². The smallest absolute Gasteiger partial charge is 0.255 e. The van der Waals surface area contributed by atoms with Crippen LogP contribution in [0.2, 0.25) is 10.0 Å². The molecule has 2 aromatic carbocycles. The van der Waals surface area contributed by atoms with Gasteiger partial charge in [-0.3, -0.25) is 4.79 Å². The van der Waals surface area contributed by atoms with Gasteiger partial charge in [-0.2, -0.15) is 0 Å². The highest BCUT2D eigenvalue weighted by atomic mass is 35.5. The van der Waals surface area contributed by atoms with E-state index in [2.05, 4.69) is 5.32 Å². The van der Waals surface area contributed by atoms with Gasteiger partial charge < -0.3 is 11.1 Å². The number of amides is 1. The molecule has 0 aliphatic heterocycles. The van der Waals surface area contributed by atoms with Crippen LogP contribution < -0.4 is 11.1 Å². The molecule has 0 aliphatic rings. The van der Waals surface area contributed by atoms with Crippen molar-refractivity contribution in [1.82, 2.24) is 0 Å². The van der Waals surface area contributed by atoms with E-state index >= 15 is 0 Å². The summed E-state index contributed by atoms with van der Waals surface area (Å²) in [6.07, 6.45) is 0. The lowest BCUT2D eigenvalue weighted by Gasteiger charge is -2.07. The summed E-state index contributed by atoms with van der Waals surface area (Å²) < 4.78 is 0. The lowest BCUT2D eigenvalue weighted by Crippen LogP contribution is -2.12. The Morgan fingerprint density at radius 1 is 1.11 bits per heavy atom. The molecular weight excluding hydrogens is 283 g/mol. The average Bonchev–Trinajstić information content (AvgIpc) is 2.37. The molecule has 2 aromatic rings. The quantitative estimate of drug-likeness (QED) is 0.907. The van der Waals surface area contributed by atoms with Crippen molar-refractivity contribution in [2.45, 2.75) is 6.54 Å². The Morgan fingerprint density at radius 2 is 1.79 bits per heavy atom. The van der Waals surface area contributed by atoms with Crippen LogP contribution in [0.25, 0.3) is 0 Å². The van der Waals surface area contributed by atoms with Crippen LogP contribution in [0.5, 0.6) is 0 Å². The molecule has 0 bridgehead atoms. The van der Waals surface area contributed by atoms with Gasteiger partial charge in [-0.15, -0.1) is 0 Å². The van der Waals surface area contributed by atoms with Gasteiger partial charge in [0, 0.05) is 27.8 Å². The van der Waals surface area contributed by atoms with Crippen molar-refractivity contribution < 1.29 is 4.79 Å². The Morgan fingerprint density at radius 3 is 2.42 bits per heavy atom. The first-order chi connectivity index (χ1) is 9.08. The molecule has 0 saturated heterocycles. The van der Waals surface area contributed by atoms with Gasteiger partial charge in [0.15, 0.2) is 0 Å². The van der Waals surface area contributed by atoms with E-state index < -0.39 is 0 Å². The molecule has 0 radical (unpaired) electrons. The topological polar surface area (TPSA) is 55.1 Å². The highest BCUT2D eigenvalue weighted by Crippen LogP contribution is 2.23. The molecule has 0 aromatic heterocycles. The third-order valence-corrected chi connectivity index (χ3v) is 2.98. The van der Waals surface area contributed by atoms with Crippen LogP contribution in [-0.2, 0) is 6.54 Å². The van der Waals surface area contributed by atoms with E-state index in [0.29, 0.717) is 27.8 Å². The lowest BCUT2D eigenvalue weighted by molar-refractivity contribution is 0.102. The fraction of sp³-hybridized carbons (Fsp3) is 0.0714. The molecule has 0 heterocycles. The number of hydrogen-bond donors (Lipinski definition) is 2. The zero-order valence-corrected chi connectivity index (χ0v) is 11.5. The Balaban J connectivity index is 2.20. The molecule has 0 saturated carbocycles. The number of hydrogen-bond acceptors (Lipinski definition) is 2. The SMILES string of the molecule is NCc1cccc(C(=O)Nc2cc(Cl)cc(Cl)c2)c1. The van der Waals surface area contributed by atoms with Crippen LogP contribution in [0.15, 0.2) is 42.5 Å². The second kappa shape index (κ2) is 6.06. The molecule has 3 nitrogen and oxygen atoms in total. The average molecular weight is 295 g/mol. The van der Waals surface area contributed by atoms with Crippen LogP contribution in [0.4, 0.5) is 5.69 Å². The van der Waals surface area contributed by atoms with Crippen molar-refractivity contribution in [3.63, 3.8) is 0 Å². The number of anilines is 1. The molecule has 0 atom stereocenters. The molecule has 0 fully saturated rings. The Bertz CT molecular complexity index is 594. The van der Waals surface area contributed by atoms with E-state index in [4.69, 9.17) is 28.9 Å². The zero-order chi connectivity index (χ0) is 13.8. The van der Waals surface area contributed by atoms with Gasteiger partial charge in [-0.05, 0) is 35.9 Å². The van der Waals surface area contributed by atoms with Gasteiger partial charge >= 0.3 is 0 Å². The van der Waals surface area contributed by atoms with Crippen molar-refractivity contribution in [3.8, 4) is 0 Å². The number of rotatable bonds is 3. The van der Waals surface area contributed by atoms with E-state index in [1.165, 1.54) is 0 Å². The van der Waals surface area contributed by atoms with E-state index in [-0.39, 0.29) is 5.91 Å². The van der Waals surface area contributed by atoms with Crippen molar-refractivity contribution in [2.24, 2.45) is 5.73 Å². The highest BCUT2D eigenvalue weighted by molar-refractivity contribution is 6.35. The third-order valence-electron chi connectivity index (χ3n) is 2.55. The molecule has 1 amide bonds. The van der Waals surface area contributed by atoms with Crippen molar-refractivity contribution >= 4 is 34.8 Å². The molecule has 5 heteroatoms. The second-order valence-corrected chi connectivity index (χ2v) is 4.89. The Kier molecular flexibility index (Phi) is 4.43. The molecule has 98 valence electrons. The Hall–Kier alpha value is -1.55. The van der Waals surface area contributed by atoms with Crippen molar-refractivity contribution in [3.05, 3.63) is 63.6 Å². The maximum atomic E-state index is 12.1. The van der Waals surface area contributed by atoms with Gasteiger partial charge in [0.2, 0.25) is 0 Å². The number of nitrogens with one attached hydrogen (secondary N) is 1. The summed E-state index contributed by atoms with van der Waals surface area (Å²) in [4.78, 5) is 12.1. The standard InChI is InChI=1S/C14H12Cl2N2O/c15-11-5-12(16)7-13(6-11)18-14(19)10-3-1-2-9(4-10)8-17/h1-7H,8,17H2,(H,18,19). The summed E-state index contributed by atoms with van der Waals surface area (Å²) in [5.74, 6) is -0.228. The maximum absolute atomic E-state index is 12.1. The second-order valence-electron chi connectivity index (χ2n) is 4.02. The summed E-state index contributed by atoms with van der Waals surface area (Å²) in [6.45, 7) is 0.393. The molecule has 19 heavy (non-hydrogen) atoms. The summed E-state index contributed by atoms with van der Waals surface area (Å²) in [5, 5.41) is 3.68. The van der Waals surface area contributed by atoms with Crippen LogP contribution >= 0.6 is 23.2 Å². The predicted octanol–water partition coefficient (Wildman–Crippen LogP) is 3.70. The number of carbonyl (C=O) groups is 1. The minimum absolute atomic E-state index is 0.228. The highest BCUT2D eigenvalue weighted by Gasteiger charge is 2.07. The fourth-order valence-corrected chi connectivity index (χ4v) is 2.19. The van der Waals surface area contributed by atoms with E-state index in [1.54, 1.807) is 36.4 Å². The first-order valence-electron chi connectivity index (χ1n) is 5.65. The number of halogens is 2. The molecular formula is C14H12Cl2N2O. The molecule has 0 unspecified atom stereocenters. The zero-order valence-electron chi connectivity index (χ0n) is 9.99. The van der Waals surface area contributed by atoms with E-state index in [1.807, 2.05) is 6.07 Å². The number of benzene rings is 2. The van der Waals surface area contributed by atoms with Crippen LogP contribution in [-0.4, -0.2) is 5.91 Å². The monoisotopic (exact) mass is 294 g/mol. The summed E-state index contributed by atoms with van der Waals surface area (Å²) >= 11 is 11.7. The normalized spacial score (nSPS) is 10.3. The molecule has 2 rings (SSSR count). The van der Waals surface area contributed by atoms with Crippen LogP contribution in [0, 0.1) is 0 Å². The van der Waals surface area contributed by atoms with Gasteiger partial charge in [0.05, 0.1) is 0 Å². The van der Waals surface area contributed by atoms with Gasteiger partial charge in [0.1, 0.15) is 0 Å². The van der Waals surface area contributed by atoms with Gasteiger partial charge in [0.25, 0.3) is 5.91 Å². The first kappa shape index (κ1) is 13.9. The van der Waals surface area contributed by atoms with Gasteiger partial charge in [-0.1, -0.05) is 35.3 Å². The number of carbonyl (C=O) groups excluding carboxylic acids is 1. The van der Waals surface area contributed by atoms with Crippen LogP contribution in [0.1, 0.15) is 15.9 Å². The third kappa shape index (κ3) is 3.70. The van der Waals surface area contributed by atoms with E-state index in [0.717, 1.165) is 5.56 Å². The first-order valence-corrected chi connectivity index (χ1v) is 6.40. The van der Waals surface area contributed by atoms with Crippen molar-refractivity contribution in [1.29, 1.82) is 0 Å². The molecule has 0 aliphatic carbocycles. The lowest BCUT2D eigenvalue weighted by atomic mass is 10.1. The fourth-order valence-electron chi connectivity index (χ4n) is 1.67. The van der Waals surface area contributed by atoms with Crippen LogP contribution in [0.3, 0.4) is 0 Å². The molecule has 0 spiro atoms. The Labute approximate surface area is 121 Å². The minimum Gasteiger partial charge on any atom is -0.326 e. The maximum Gasteiger partial charge on any atom is 0.255 e. The van der Waals surface area contributed by atoms with E-state index in [9.17, 15) is 4.79 Å². The predicted molar refractivity (Wildman–Crippen MR) is 78.7 cm³/mol. The summed E-state index contributed by atoms with van der Waals surface area (Å²) in [6, 6.07) is 12.0. The number of nitrogens with two attached hydrogens (primary N) is 1. The van der Waals surface area contributed by atoms with Crippen molar-refractivity contribution in [2.75, 3.05) is 5.32 Å². The summed E-state index contributed by atoms with van der Waals surface area (Å²) in [7, 11) is 0. The summed E-state index contributed by atoms with van der Waals surface area (Å²) in [5.41, 5.74) is 7.54.